The highest BCUT2D eigenvalue weighted by Crippen LogP contribution is 2.34. The van der Waals surface area contributed by atoms with Crippen molar-refractivity contribution in [3.63, 3.8) is 0 Å². The number of halogens is 1. The predicted molar refractivity (Wildman–Crippen MR) is 96.7 cm³/mol. The molecule has 4 rings (SSSR count). The van der Waals surface area contributed by atoms with Crippen LogP contribution in [0.3, 0.4) is 0 Å². The number of carbonyl (C=O) groups is 1. The number of amides is 1. The average molecular weight is 357 g/mol. The molecule has 1 aliphatic heterocycles. The van der Waals surface area contributed by atoms with E-state index in [1.54, 1.807) is 19.4 Å². The van der Waals surface area contributed by atoms with Gasteiger partial charge >= 0.3 is 0 Å². The van der Waals surface area contributed by atoms with E-state index < -0.39 is 0 Å². The predicted octanol–water partition coefficient (Wildman–Crippen LogP) is 3.67. The Morgan fingerprint density at radius 3 is 2.92 bits per heavy atom. The third kappa shape index (κ3) is 2.72. The van der Waals surface area contributed by atoms with Gasteiger partial charge in [-0.15, -0.1) is 0 Å². The van der Waals surface area contributed by atoms with E-state index in [0.29, 0.717) is 17.3 Å². The second-order valence-electron chi connectivity index (χ2n) is 6.10. The van der Waals surface area contributed by atoms with Gasteiger partial charge in [-0.25, -0.2) is 9.67 Å². The first kappa shape index (κ1) is 15.9. The van der Waals surface area contributed by atoms with Crippen LogP contribution in [0.25, 0.3) is 16.6 Å². The van der Waals surface area contributed by atoms with Gasteiger partial charge in [-0.1, -0.05) is 11.6 Å². The zero-order chi connectivity index (χ0) is 17.6. The fourth-order valence-corrected chi connectivity index (χ4v) is 3.38. The van der Waals surface area contributed by atoms with Gasteiger partial charge in [-0.05, 0) is 31.4 Å². The number of pyridine rings is 1. The van der Waals surface area contributed by atoms with Gasteiger partial charge in [-0.3, -0.25) is 4.79 Å². The van der Waals surface area contributed by atoms with Crippen molar-refractivity contribution in [1.29, 1.82) is 0 Å². The van der Waals surface area contributed by atoms with Crippen molar-refractivity contribution in [2.45, 2.75) is 26.2 Å². The number of nitrogens with one attached hydrogen (secondary N) is 1. The Morgan fingerprint density at radius 1 is 1.28 bits per heavy atom. The van der Waals surface area contributed by atoms with Crippen LogP contribution in [0.5, 0.6) is 5.75 Å². The molecule has 0 saturated carbocycles. The molecule has 128 valence electrons. The van der Waals surface area contributed by atoms with Crippen LogP contribution in [0.15, 0.2) is 24.4 Å². The largest absolute Gasteiger partial charge is 0.494 e. The molecule has 1 aromatic carbocycles. The lowest BCUT2D eigenvalue weighted by Gasteiger charge is -2.15. The molecule has 0 unspecified atom stereocenters. The van der Waals surface area contributed by atoms with Crippen molar-refractivity contribution >= 4 is 34.1 Å². The highest BCUT2D eigenvalue weighted by atomic mass is 35.5. The molecule has 3 heterocycles. The minimum Gasteiger partial charge on any atom is -0.494 e. The number of rotatable bonds is 2. The molecule has 2 aromatic heterocycles. The summed E-state index contributed by atoms with van der Waals surface area (Å²) in [5.41, 5.74) is 4.43. The molecule has 25 heavy (non-hydrogen) atoms. The first-order valence-electron chi connectivity index (χ1n) is 8.09. The van der Waals surface area contributed by atoms with Crippen molar-refractivity contribution in [3.05, 3.63) is 40.8 Å². The molecule has 1 aliphatic rings. The van der Waals surface area contributed by atoms with Crippen LogP contribution < -0.4 is 10.1 Å². The van der Waals surface area contributed by atoms with Crippen molar-refractivity contribution < 1.29 is 9.53 Å². The Labute approximate surface area is 149 Å². The van der Waals surface area contributed by atoms with Gasteiger partial charge < -0.3 is 10.1 Å². The lowest BCUT2D eigenvalue weighted by molar-refractivity contribution is -0.116. The van der Waals surface area contributed by atoms with Crippen LogP contribution in [0.1, 0.15) is 24.1 Å². The summed E-state index contributed by atoms with van der Waals surface area (Å²) >= 11 is 6.08. The van der Waals surface area contributed by atoms with Crippen molar-refractivity contribution in [1.82, 2.24) is 14.8 Å². The van der Waals surface area contributed by atoms with Gasteiger partial charge in [-0.2, -0.15) is 5.10 Å². The number of methoxy groups -OCH3 is 1. The Kier molecular flexibility index (Phi) is 3.84. The third-order valence-corrected chi connectivity index (χ3v) is 4.68. The summed E-state index contributed by atoms with van der Waals surface area (Å²) in [6.07, 6.45) is 3.90. The number of carbonyl (C=O) groups excluding carboxylic acids is 1. The van der Waals surface area contributed by atoms with Crippen LogP contribution in [0, 0.1) is 6.92 Å². The maximum absolute atomic E-state index is 11.8. The quantitative estimate of drug-likeness (QED) is 0.711. The highest BCUT2D eigenvalue weighted by Gasteiger charge is 2.19. The van der Waals surface area contributed by atoms with Gasteiger partial charge in [0.1, 0.15) is 16.6 Å². The molecule has 0 bridgehead atoms. The second kappa shape index (κ2) is 6.04. The lowest BCUT2D eigenvalue weighted by atomic mass is 10.1. The summed E-state index contributed by atoms with van der Waals surface area (Å²) in [4.78, 5) is 16.0. The Morgan fingerprint density at radius 2 is 2.12 bits per heavy atom. The summed E-state index contributed by atoms with van der Waals surface area (Å²) in [7, 11) is 1.61. The molecule has 1 N–H and O–H groups in total. The molecule has 6 nitrogen and oxygen atoms in total. The van der Waals surface area contributed by atoms with Crippen LogP contribution in [-0.2, 0) is 11.2 Å². The minimum atomic E-state index is 0.0341. The van der Waals surface area contributed by atoms with Gasteiger partial charge in [0, 0.05) is 35.8 Å². The number of benzene rings is 1. The van der Waals surface area contributed by atoms with Crippen LogP contribution in [0.4, 0.5) is 5.69 Å². The zero-order valence-corrected chi connectivity index (χ0v) is 14.7. The van der Waals surface area contributed by atoms with Gasteiger partial charge in [0.05, 0.1) is 18.3 Å². The number of aromatic nitrogens is 3. The number of hydrogen-bond donors (Lipinski definition) is 1. The monoisotopic (exact) mass is 356 g/mol. The molecule has 0 radical (unpaired) electrons. The molecule has 3 aromatic rings. The number of ether oxygens (including phenoxy) is 1. The van der Waals surface area contributed by atoms with Crippen molar-refractivity contribution in [3.8, 4) is 11.4 Å². The molecule has 0 atom stereocenters. The van der Waals surface area contributed by atoms with E-state index in [0.717, 1.165) is 46.4 Å². The molecule has 0 spiro atoms. The summed E-state index contributed by atoms with van der Waals surface area (Å²) in [5, 5.41) is 8.95. The molecule has 7 heteroatoms. The maximum atomic E-state index is 11.8. The van der Waals surface area contributed by atoms with Crippen LogP contribution in [0.2, 0.25) is 5.15 Å². The van der Waals surface area contributed by atoms with Crippen LogP contribution in [-0.4, -0.2) is 27.8 Å². The number of fused-ring (bicyclic) bond motifs is 2. The molecular formula is C18H17ClN4O2. The van der Waals surface area contributed by atoms with E-state index in [9.17, 15) is 4.79 Å². The van der Waals surface area contributed by atoms with E-state index in [4.69, 9.17) is 16.3 Å². The van der Waals surface area contributed by atoms with E-state index >= 15 is 0 Å². The number of aryl methyl sites for hydroxylation is 2. The SMILES string of the molecule is COc1cc2c(cc1-n1nc(C)c3cnc(Cl)cc31)CCCC(=O)N2. The fraction of sp³-hybridized carbons (Fsp3) is 0.278. The van der Waals surface area contributed by atoms with Gasteiger partial charge in [0.25, 0.3) is 0 Å². The van der Waals surface area contributed by atoms with E-state index in [-0.39, 0.29) is 5.91 Å². The summed E-state index contributed by atoms with van der Waals surface area (Å²) in [5.74, 6) is 0.671. The van der Waals surface area contributed by atoms with E-state index in [1.165, 1.54) is 0 Å². The summed E-state index contributed by atoms with van der Waals surface area (Å²) < 4.78 is 7.39. The molecule has 0 fully saturated rings. The standard InChI is InChI=1S/C18H17ClN4O2/c1-10-12-9-20-17(19)8-14(12)23(22-10)15-6-11-4-3-5-18(24)21-13(11)7-16(15)25-2/h6-9H,3-5H2,1-2H3,(H,21,24). The third-order valence-electron chi connectivity index (χ3n) is 4.47. The lowest BCUT2D eigenvalue weighted by Crippen LogP contribution is -2.10. The Balaban J connectivity index is 1.95. The number of nitrogens with zero attached hydrogens (tertiary/aromatic N) is 3. The number of hydrogen-bond acceptors (Lipinski definition) is 4. The molecule has 0 aliphatic carbocycles. The van der Waals surface area contributed by atoms with Gasteiger partial charge in [0.2, 0.25) is 5.91 Å². The second-order valence-corrected chi connectivity index (χ2v) is 6.49. The van der Waals surface area contributed by atoms with Crippen LogP contribution >= 0.6 is 11.6 Å². The van der Waals surface area contributed by atoms with Crippen molar-refractivity contribution in [2.75, 3.05) is 12.4 Å². The average Bonchev–Trinajstić information content (AvgIpc) is 2.79. The number of anilines is 1. The molecular weight excluding hydrogens is 340 g/mol. The van der Waals surface area contributed by atoms with E-state index in [2.05, 4.69) is 15.4 Å². The van der Waals surface area contributed by atoms with Crippen molar-refractivity contribution in [2.24, 2.45) is 0 Å². The zero-order valence-electron chi connectivity index (χ0n) is 14.0. The van der Waals surface area contributed by atoms with Gasteiger partial charge in [0.15, 0.2) is 0 Å². The smallest absolute Gasteiger partial charge is 0.224 e. The minimum absolute atomic E-state index is 0.0341. The summed E-state index contributed by atoms with van der Waals surface area (Å²) in [6, 6.07) is 5.68. The first-order valence-corrected chi connectivity index (χ1v) is 8.46. The Bertz CT molecular complexity index is 996. The molecule has 0 saturated heterocycles. The topological polar surface area (TPSA) is 69.0 Å². The highest BCUT2D eigenvalue weighted by molar-refractivity contribution is 6.30. The van der Waals surface area contributed by atoms with E-state index in [1.807, 2.05) is 23.7 Å². The Hall–Kier alpha value is -2.60. The normalized spacial score (nSPS) is 14.1. The maximum Gasteiger partial charge on any atom is 0.224 e. The summed E-state index contributed by atoms with van der Waals surface area (Å²) in [6.45, 7) is 1.94. The molecule has 1 amide bonds. The first-order chi connectivity index (χ1) is 12.1. The fourth-order valence-electron chi connectivity index (χ4n) is 3.23.